The Balaban J connectivity index is 1.61. The molecule has 0 aliphatic carbocycles. The van der Waals surface area contributed by atoms with Gasteiger partial charge < -0.3 is 9.88 Å². The average Bonchev–Trinajstić information content (AvgIpc) is 3.13. The average molecular weight is 391 g/mol. The molecule has 0 bridgehead atoms. The van der Waals surface area contributed by atoms with Crippen LogP contribution in [0.15, 0.2) is 41.8 Å². The van der Waals surface area contributed by atoms with E-state index >= 15 is 0 Å². The van der Waals surface area contributed by atoms with Gasteiger partial charge in [-0.15, -0.1) is 0 Å². The number of hydrogen-bond donors (Lipinski definition) is 1. The molecule has 0 unspecified atom stereocenters. The molecule has 8 heteroatoms. The van der Waals surface area contributed by atoms with E-state index in [1.807, 2.05) is 45.0 Å². The summed E-state index contributed by atoms with van der Waals surface area (Å²) >= 11 is 0. The van der Waals surface area contributed by atoms with Gasteiger partial charge in [-0.05, 0) is 51.3 Å². The lowest BCUT2D eigenvalue weighted by Crippen LogP contribution is -2.41. The molecule has 1 aliphatic rings. The van der Waals surface area contributed by atoms with Crippen LogP contribution in [0.5, 0.6) is 0 Å². The number of aryl methyl sites for hydroxylation is 1. The molecule has 1 aromatic heterocycles. The van der Waals surface area contributed by atoms with Crippen molar-refractivity contribution in [1.29, 1.82) is 0 Å². The van der Waals surface area contributed by atoms with Gasteiger partial charge in [-0.2, -0.15) is 4.31 Å². The predicted octanol–water partition coefficient (Wildman–Crippen LogP) is 2.81. The molecule has 3 rings (SSSR count). The summed E-state index contributed by atoms with van der Waals surface area (Å²) in [7, 11) is -3.62. The minimum absolute atomic E-state index is 0.0540. The molecular weight excluding hydrogens is 364 g/mol. The molecule has 1 amide bonds. The molecule has 0 radical (unpaired) electrons. The lowest BCUT2D eigenvalue weighted by Gasteiger charge is -2.30. The maximum atomic E-state index is 12.8. The number of carbonyl (C=O) groups excluding carboxylic acids is 1. The Morgan fingerprint density at radius 1 is 1.26 bits per heavy atom. The van der Waals surface area contributed by atoms with Crippen LogP contribution in [0.1, 0.15) is 38.3 Å². The van der Waals surface area contributed by atoms with Crippen LogP contribution in [0.2, 0.25) is 0 Å². The van der Waals surface area contributed by atoms with Crippen molar-refractivity contribution < 1.29 is 13.2 Å². The lowest BCUT2D eigenvalue weighted by molar-refractivity contribution is -0.120. The van der Waals surface area contributed by atoms with E-state index in [1.54, 1.807) is 17.1 Å². The van der Waals surface area contributed by atoms with Crippen LogP contribution >= 0.6 is 0 Å². The van der Waals surface area contributed by atoms with Gasteiger partial charge in [0.2, 0.25) is 5.91 Å². The minimum atomic E-state index is -3.62. The topological polar surface area (TPSA) is 84.3 Å². The molecule has 1 aromatic carbocycles. The number of sulfonamides is 1. The third-order valence-corrected chi connectivity index (χ3v) is 6.67. The fraction of sp³-hybridized carbons (Fsp3) is 0.474. The van der Waals surface area contributed by atoms with Crippen LogP contribution in [0.4, 0.5) is 5.69 Å². The van der Waals surface area contributed by atoms with Crippen molar-refractivity contribution >= 4 is 21.6 Å². The van der Waals surface area contributed by atoms with E-state index in [2.05, 4.69) is 10.3 Å². The number of benzene rings is 1. The number of nitrogens with one attached hydrogen (secondary N) is 1. The van der Waals surface area contributed by atoms with Crippen molar-refractivity contribution in [3.05, 3.63) is 42.4 Å². The summed E-state index contributed by atoms with van der Waals surface area (Å²) in [5.41, 5.74) is 1.85. The van der Waals surface area contributed by atoms with Crippen molar-refractivity contribution in [3.8, 4) is 0 Å². The molecular formula is C19H26N4O3S. The Morgan fingerprint density at radius 3 is 2.56 bits per heavy atom. The van der Waals surface area contributed by atoms with Gasteiger partial charge in [-0.25, -0.2) is 13.4 Å². The van der Waals surface area contributed by atoms with Gasteiger partial charge in [-0.1, -0.05) is 12.1 Å². The standard InChI is InChI=1S/C19H26N4O3S/c1-14(2)22-12-18(20-13-22)27(25,26)23-9-7-16(8-10-23)19(24)21-17-6-4-5-15(3)11-17/h4-6,11-14,16H,7-10H2,1-3H3,(H,21,24). The van der Waals surface area contributed by atoms with E-state index in [9.17, 15) is 13.2 Å². The van der Waals surface area contributed by atoms with E-state index in [-0.39, 0.29) is 22.9 Å². The molecule has 7 nitrogen and oxygen atoms in total. The van der Waals surface area contributed by atoms with Crippen LogP contribution < -0.4 is 5.32 Å². The number of piperidine rings is 1. The van der Waals surface area contributed by atoms with Crippen molar-refractivity contribution in [2.75, 3.05) is 18.4 Å². The number of aromatic nitrogens is 2. The van der Waals surface area contributed by atoms with E-state index in [1.165, 1.54) is 4.31 Å². The molecule has 1 N–H and O–H groups in total. The number of nitrogens with zero attached hydrogens (tertiary/aromatic N) is 3. The summed E-state index contributed by atoms with van der Waals surface area (Å²) in [6.45, 7) is 6.55. The number of amides is 1. The van der Waals surface area contributed by atoms with Gasteiger partial charge in [-0.3, -0.25) is 4.79 Å². The molecule has 2 heterocycles. The van der Waals surface area contributed by atoms with E-state index in [4.69, 9.17) is 0 Å². The maximum Gasteiger partial charge on any atom is 0.262 e. The third kappa shape index (κ3) is 4.39. The number of carbonyl (C=O) groups is 1. The quantitative estimate of drug-likeness (QED) is 0.851. The maximum absolute atomic E-state index is 12.8. The summed E-state index contributed by atoms with van der Waals surface area (Å²) in [5.74, 6) is -0.244. The van der Waals surface area contributed by atoms with Crippen molar-refractivity contribution in [1.82, 2.24) is 13.9 Å². The van der Waals surface area contributed by atoms with E-state index < -0.39 is 10.0 Å². The normalized spacial score (nSPS) is 16.6. The second-order valence-electron chi connectivity index (χ2n) is 7.29. The third-order valence-electron chi connectivity index (χ3n) is 4.89. The first-order valence-electron chi connectivity index (χ1n) is 9.18. The zero-order valence-corrected chi connectivity index (χ0v) is 16.7. The highest BCUT2D eigenvalue weighted by Crippen LogP contribution is 2.25. The highest BCUT2D eigenvalue weighted by molar-refractivity contribution is 7.89. The Kier molecular flexibility index (Phi) is 5.67. The SMILES string of the molecule is Cc1cccc(NC(=O)C2CCN(S(=O)(=O)c3cn(C(C)C)cn3)CC2)c1. The molecule has 146 valence electrons. The zero-order chi connectivity index (χ0) is 19.6. The van der Waals surface area contributed by atoms with Crippen molar-refractivity contribution in [2.45, 2.75) is 44.7 Å². The summed E-state index contributed by atoms with van der Waals surface area (Å²) in [6, 6.07) is 7.80. The summed E-state index contributed by atoms with van der Waals surface area (Å²) < 4.78 is 28.8. The smallest absolute Gasteiger partial charge is 0.262 e. The Labute approximate surface area is 160 Å². The Hall–Kier alpha value is -2.19. The predicted molar refractivity (Wildman–Crippen MR) is 104 cm³/mol. The zero-order valence-electron chi connectivity index (χ0n) is 15.9. The Morgan fingerprint density at radius 2 is 1.96 bits per heavy atom. The largest absolute Gasteiger partial charge is 0.334 e. The summed E-state index contributed by atoms with van der Waals surface area (Å²) in [5, 5.41) is 3.00. The van der Waals surface area contributed by atoms with Gasteiger partial charge in [0.1, 0.15) is 0 Å². The van der Waals surface area contributed by atoms with Crippen LogP contribution in [0.25, 0.3) is 0 Å². The monoisotopic (exact) mass is 390 g/mol. The molecule has 0 atom stereocenters. The first-order chi connectivity index (χ1) is 12.8. The van der Waals surface area contributed by atoms with Crippen LogP contribution in [-0.2, 0) is 14.8 Å². The van der Waals surface area contributed by atoms with Crippen molar-refractivity contribution in [2.24, 2.45) is 5.92 Å². The molecule has 27 heavy (non-hydrogen) atoms. The van der Waals surface area contributed by atoms with Crippen LogP contribution in [0.3, 0.4) is 0 Å². The molecule has 1 fully saturated rings. The van der Waals surface area contributed by atoms with Crippen molar-refractivity contribution in [3.63, 3.8) is 0 Å². The fourth-order valence-electron chi connectivity index (χ4n) is 3.19. The summed E-state index contributed by atoms with van der Waals surface area (Å²) in [4.78, 5) is 16.5. The molecule has 0 spiro atoms. The highest BCUT2D eigenvalue weighted by Gasteiger charge is 2.33. The second kappa shape index (κ2) is 7.82. The number of rotatable bonds is 5. The molecule has 1 saturated heterocycles. The second-order valence-corrected chi connectivity index (χ2v) is 9.17. The fourth-order valence-corrected chi connectivity index (χ4v) is 4.58. The number of imidazole rings is 1. The van der Waals surface area contributed by atoms with Gasteiger partial charge in [0.25, 0.3) is 10.0 Å². The highest BCUT2D eigenvalue weighted by atomic mass is 32.2. The first kappa shape index (κ1) is 19.6. The summed E-state index contributed by atoms with van der Waals surface area (Å²) in [6.07, 6.45) is 4.11. The number of anilines is 1. The molecule has 1 aliphatic heterocycles. The molecule has 2 aromatic rings. The van der Waals surface area contributed by atoms with Gasteiger partial charge in [0.15, 0.2) is 5.03 Å². The van der Waals surface area contributed by atoms with E-state index in [0.29, 0.717) is 25.9 Å². The number of hydrogen-bond acceptors (Lipinski definition) is 4. The van der Waals surface area contributed by atoms with Crippen LogP contribution in [0, 0.1) is 12.8 Å². The van der Waals surface area contributed by atoms with Gasteiger partial charge in [0, 0.05) is 36.9 Å². The lowest BCUT2D eigenvalue weighted by atomic mass is 9.97. The van der Waals surface area contributed by atoms with Gasteiger partial charge in [0.05, 0.1) is 6.33 Å². The van der Waals surface area contributed by atoms with Crippen LogP contribution in [-0.4, -0.2) is 41.3 Å². The minimum Gasteiger partial charge on any atom is -0.334 e. The molecule has 0 saturated carbocycles. The van der Waals surface area contributed by atoms with E-state index in [0.717, 1.165) is 11.3 Å². The Bertz CT molecular complexity index is 913. The van der Waals surface area contributed by atoms with Gasteiger partial charge >= 0.3 is 0 Å². The first-order valence-corrected chi connectivity index (χ1v) is 10.6.